The third-order valence-electron chi connectivity index (χ3n) is 3.51. The lowest BCUT2D eigenvalue weighted by atomic mass is 9.93. The molecule has 0 spiro atoms. The van der Waals surface area contributed by atoms with Crippen molar-refractivity contribution < 1.29 is 19.4 Å². The Hall–Kier alpha value is -1.30. The first-order chi connectivity index (χ1) is 9.04. The number of carboxylic acid groups (broad SMARTS) is 1. The van der Waals surface area contributed by atoms with Gasteiger partial charge in [-0.05, 0) is 32.1 Å². The monoisotopic (exact) mass is 272 g/mol. The number of hydrogen-bond donors (Lipinski definition) is 3. The maximum absolute atomic E-state index is 11.8. The zero-order chi connectivity index (χ0) is 14.3. The van der Waals surface area contributed by atoms with Crippen molar-refractivity contribution in [3.8, 4) is 0 Å². The largest absolute Gasteiger partial charge is 0.480 e. The average molecular weight is 272 g/mol. The van der Waals surface area contributed by atoms with Crippen LogP contribution in [0.1, 0.15) is 39.5 Å². The second-order valence-corrected chi connectivity index (χ2v) is 5.04. The molecule has 0 saturated carbocycles. The summed E-state index contributed by atoms with van der Waals surface area (Å²) in [5, 5.41) is 14.3. The number of rotatable bonds is 6. The van der Waals surface area contributed by atoms with Crippen LogP contribution in [0.5, 0.6) is 0 Å². The van der Waals surface area contributed by atoms with Gasteiger partial charge >= 0.3 is 12.0 Å². The number of carbonyl (C=O) groups excluding carboxylic acids is 1. The van der Waals surface area contributed by atoms with Gasteiger partial charge in [0.25, 0.3) is 0 Å². The highest BCUT2D eigenvalue weighted by Crippen LogP contribution is 2.18. The fraction of sp³-hybridized carbons (Fsp3) is 0.846. The van der Waals surface area contributed by atoms with Gasteiger partial charge in [0, 0.05) is 19.3 Å². The first-order valence-electron chi connectivity index (χ1n) is 6.92. The van der Waals surface area contributed by atoms with Gasteiger partial charge in [0.05, 0.1) is 0 Å². The number of hydrogen-bond acceptors (Lipinski definition) is 3. The van der Waals surface area contributed by atoms with E-state index in [1.807, 2.05) is 13.8 Å². The number of carboxylic acids is 1. The van der Waals surface area contributed by atoms with Crippen LogP contribution >= 0.6 is 0 Å². The van der Waals surface area contributed by atoms with Crippen molar-refractivity contribution in [3.63, 3.8) is 0 Å². The minimum Gasteiger partial charge on any atom is -0.480 e. The van der Waals surface area contributed by atoms with E-state index in [1.165, 1.54) is 0 Å². The molecule has 0 radical (unpaired) electrons. The molecule has 1 rings (SSSR count). The summed E-state index contributed by atoms with van der Waals surface area (Å²) in [7, 11) is 0. The summed E-state index contributed by atoms with van der Waals surface area (Å²) < 4.78 is 5.28. The van der Waals surface area contributed by atoms with E-state index in [4.69, 9.17) is 9.84 Å². The Labute approximate surface area is 113 Å². The van der Waals surface area contributed by atoms with Crippen molar-refractivity contribution in [1.29, 1.82) is 0 Å². The lowest BCUT2D eigenvalue weighted by Gasteiger charge is -2.28. The number of urea groups is 1. The molecule has 6 heteroatoms. The maximum Gasteiger partial charge on any atom is 0.326 e. The summed E-state index contributed by atoms with van der Waals surface area (Å²) in [6.45, 7) is 5.29. The highest BCUT2D eigenvalue weighted by atomic mass is 16.5. The lowest BCUT2D eigenvalue weighted by molar-refractivity contribution is -0.139. The van der Waals surface area contributed by atoms with Crippen LogP contribution in [0.3, 0.4) is 0 Å². The quantitative estimate of drug-likeness (QED) is 0.681. The van der Waals surface area contributed by atoms with Crippen LogP contribution in [0, 0.1) is 5.92 Å². The zero-order valence-electron chi connectivity index (χ0n) is 11.6. The fourth-order valence-corrected chi connectivity index (χ4v) is 2.29. The van der Waals surface area contributed by atoms with Crippen LogP contribution in [-0.4, -0.2) is 42.4 Å². The van der Waals surface area contributed by atoms with Crippen LogP contribution < -0.4 is 10.6 Å². The standard InChI is InChI=1S/C13H24N2O4/c1-3-4-11(12(16)17)15-13(18)14-9(2)10-5-7-19-8-6-10/h9-11H,3-8H2,1-2H3,(H,16,17)(H2,14,15,18)/t9?,11-/m1/s1. The third kappa shape index (κ3) is 5.46. The van der Waals surface area contributed by atoms with E-state index in [2.05, 4.69) is 10.6 Å². The summed E-state index contributed by atoms with van der Waals surface area (Å²) in [4.78, 5) is 22.7. The Morgan fingerprint density at radius 2 is 1.95 bits per heavy atom. The lowest BCUT2D eigenvalue weighted by Crippen LogP contribution is -2.50. The second kappa shape index (κ2) is 7.99. The van der Waals surface area contributed by atoms with Gasteiger partial charge in [-0.1, -0.05) is 13.3 Å². The van der Waals surface area contributed by atoms with Crippen LogP contribution in [-0.2, 0) is 9.53 Å². The summed E-state index contributed by atoms with van der Waals surface area (Å²) in [6, 6.07) is -1.19. The Kier molecular flexibility index (Phi) is 6.62. The molecule has 1 aliphatic heterocycles. The molecule has 1 unspecified atom stereocenters. The van der Waals surface area contributed by atoms with E-state index in [0.29, 0.717) is 18.8 Å². The van der Waals surface area contributed by atoms with Crippen molar-refractivity contribution in [2.24, 2.45) is 5.92 Å². The normalized spacial score (nSPS) is 19.5. The molecule has 0 aliphatic carbocycles. The summed E-state index contributed by atoms with van der Waals surface area (Å²) in [5.74, 6) is -0.593. The summed E-state index contributed by atoms with van der Waals surface area (Å²) >= 11 is 0. The minimum absolute atomic E-state index is 0.0278. The number of ether oxygens (including phenoxy) is 1. The van der Waals surface area contributed by atoms with E-state index >= 15 is 0 Å². The number of amides is 2. The van der Waals surface area contributed by atoms with Crippen LogP contribution in [0.25, 0.3) is 0 Å². The van der Waals surface area contributed by atoms with Gasteiger partial charge in [-0.15, -0.1) is 0 Å². The molecule has 1 saturated heterocycles. The van der Waals surface area contributed by atoms with Crippen molar-refractivity contribution in [2.45, 2.75) is 51.6 Å². The molecular weight excluding hydrogens is 248 g/mol. The molecule has 110 valence electrons. The van der Waals surface area contributed by atoms with Crippen LogP contribution in [0.15, 0.2) is 0 Å². The fourth-order valence-electron chi connectivity index (χ4n) is 2.29. The minimum atomic E-state index is -0.990. The highest BCUT2D eigenvalue weighted by Gasteiger charge is 2.24. The molecule has 3 N–H and O–H groups in total. The van der Waals surface area contributed by atoms with Gasteiger partial charge in [0.2, 0.25) is 0 Å². The topological polar surface area (TPSA) is 87.7 Å². The molecule has 0 aromatic carbocycles. The van der Waals surface area contributed by atoms with Crippen molar-refractivity contribution in [2.75, 3.05) is 13.2 Å². The van der Waals surface area contributed by atoms with E-state index in [9.17, 15) is 9.59 Å². The van der Waals surface area contributed by atoms with Gasteiger partial charge in [-0.3, -0.25) is 0 Å². The van der Waals surface area contributed by atoms with Crippen LogP contribution in [0.4, 0.5) is 4.79 Å². The zero-order valence-corrected chi connectivity index (χ0v) is 11.6. The average Bonchev–Trinajstić information content (AvgIpc) is 2.39. The number of aliphatic carboxylic acids is 1. The summed E-state index contributed by atoms with van der Waals surface area (Å²) in [6.07, 6.45) is 3.01. The Bertz CT molecular complexity index is 303. The molecule has 1 fully saturated rings. The van der Waals surface area contributed by atoms with E-state index in [1.54, 1.807) is 0 Å². The molecule has 0 bridgehead atoms. The van der Waals surface area contributed by atoms with E-state index < -0.39 is 18.0 Å². The third-order valence-corrected chi connectivity index (χ3v) is 3.51. The predicted molar refractivity (Wildman–Crippen MR) is 71.0 cm³/mol. The second-order valence-electron chi connectivity index (χ2n) is 5.04. The smallest absolute Gasteiger partial charge is 0.326 e. The van der Waals surface area contributed by atoms with E-state index in [-0.39, 0.29) is 6.04 Å². The number of nitrogens with one attached hydrogen (secondary N) is 2. The molecule has 2 atom stereocenters. The number of carbonyl (C=O) groups is 2. The van der Waals surface area contributed by atoms with Gasteiger partial charge in [-0.25, -0.2) is 9.59 Å². The first kappa shape index (κ1) is 15.8. The summed E-state index contributed by atoms with van der Waals surface area (Å²) in [5.41, 5.74) is 0. The highest BCUT2D eigenvalue weighted by molar-refractivity contribution is 5.82. The van der Waals surface area contributed by atoms with Gasteiger partial charge in [0.15, 0.2) is 0 Å². The first-order valence-corrected chi connectivity index (χ1v) is 6.92. The molecular formula is C13H24N2O4. The Morgan fingerprint density at radius 1 is 1.32 bits per heavy atom. The molecule has 19 heavy (non-hydrogen) atoms. The van der Waals surface area contributed by atoms with E-state index in [0.717, 1.165) is 26.1 Å². The van der Waals surface area contributed by atoms with Crippen LogP contribution in [0.2, 0.25) is 0 Å². The Morgan fingerprint density at radius 3 is 2.47 bits per heavy atom. The SMILES string of the molecule is CCC[C@@H](NC(=O)NC(C)C1CCOCC1)C(=O)O. The van der Waals surface area contributed by atoms with Crippen molar-refractivity contribution >= 4 is 12.0 Å². The maximum atomic E-state index is 11.8. The molecule has 1 aliphatic rings. The molecule has 6 nitrogen and oxygen atoms in total. The molecule has 0 aromatic heterocycles. The van der Waals surface area contributed by atoms with Gasteiger partial charge < -0.3 is 20.5 Å². The van der Waals surface area contributed by atoms with Crippen molar-refractivity contribution in [1.82, 2.24) is 10.6 Å². The Balaban J connectivity index is 2.38. The predicted octanol–water partition coefficient (Wildman–Crippen LogP) is 1.35. The molecule has 2 amide bonds. The molecule has 0 aromatic rings. The molecule has 1 heterocycles. The van der Waals surface area contributed by atoms with Gasteiger partial charge in [-0.2, -0.15) is 0 Å². The van der Waals surface area contributed by atoms with Crippen molar-refractivity contribution in [3.05, 3.63) is 0 Å². The van der Waals surface area contributed by atoms with Gasteiger partial charge in [0.1, 0.15) is 6.04 Å².